The minimum atomic E-state index is -0.574. The van der Waals surface area contributed by atoms with E-state index in [1.165, 1.54) is 0 Å². The summed E-state index contributed by atoms with van der Waals surface area (Å²) >= 11 is 0. The number of hydrogen-bond acceptors (Lipinski definition) is 4. The van der Waals surface area contributed by atoms with Crippen LogP contribution in [-0.4, -0.2) is 25.4 Å². The molecule has 2 heterocycles. The number of aromatic nitrogens is 4. The number of para-hydroxylation sites is 1. The quantitative estimate of drug-likeness (QED) is 0.720. The average molecular weight is 239 g/mol. The van der Waals surface area contributed by atoms with E-state index < -0.39 is 5.91 Å². The van der Waals surface area contributed by atoms with Crippen molar-refractivity contribution < 1.29 is 4.79 Å². The van der Waals surface area contributed by atoms with Gasteiger partial charge in [0.2, 0.25) is 5.95 Å². The van der Waals surface area contributed by atoms with Gasteiger partial charge in [0.1, 0.15) is 12.0 Å². The molecule has 18 heavy (non-hydrogen) atoms. The van der Waals surface area contributed by atoms with Gasteiger partial charge >= 0.3 is 0 Å². The zero-order chi connectivity index (χ0) is 12.5. The predicted molar refractivity (Wildman–Crippen MR) is 65.2 cm³/mol. The first kappa shape index (κ1) is 10.4. The van der Waals surface area contributed by atoms with E-state index >= 15 is 0 Å². The monoisotopic (exact) mass is 239 g/mol. The topological polar surface area (TPSA) is 86.7 Å². The van der Waals surface area contributed by atoms with E-state index in [1.54, 1.807) is 29.4 Å². The summed E-state index contributed by atoms with van der Waals surface area (Å²) in [6.45, 7) is 0. The third-order valence-electron chi connectivity index (χ3n) is 2.56. The summed E-state index contributed by atoms with van der Waals surface area (Å²) in [6, 6.07) is 7.24. The number of rotatable bonds is 2. The molecule has 0 aliphatic heterocycles. The second kappa shape index (κ2) is 3.92. The Kier molecular flexibility index (Phi) is 2.26. The van der Waals surface area contributed by atoms with Crippen LogP contribution in [0.3, 0.4) is 0 Å². The van der Waals surface area contributed by atoms with Crippen LogP contribution in [-0.2, 0) is 0 Å². The lowest BCUT2D eigenvalue weighted by Gasteiger charge is -2.06. The van der Waals surface area contributed by atoms with E-state index in [1.807, 2.05) is 18.2 Å². The fourth-order valence-corrected chi connectivity index (χ4v) is 1.75. The molecule has 0 saturated heterocycles. The predicted octanol–water partition coefficient (Wildman–Crippen LogP) is 0.914. The van der Waals surface area contributed by atoms with Gasteiger partial charge in [0.25, 0.3) is 5.91 Å². The summed E-state index contributed by atoms with van der Waals surface area (Å²) in [6.07, 6.45) is 4.88. The van der Waals surface area contributed by atoms with Crippen LogP contribution in [0, 0.1) is 0 Å². The van der Waals surface area contributed by atoms with Crippen LogP contribution in [0.25, 0.3) is 16.9 Å². The van der Waals surface area contributed by atoms with Crippen molar-refractivity contribution in [2.45, 2.75) is 0 Å². The molecular weight excluding hydrogens is 230 g/mol. The molecule has 0 bridgehead atoms. The molecule has 0 fully saturated rings. The molecule has 3 rings (SSSR count). The Bertz CT molecular complexity index is 720. The fraction of sp³-hybridized carbons (Fsp3) is 0. The van der Waals surface area contributed by atoms with Gasteiger partial charge in [0.15, 0.2) is 0 Å². The lowest BCUT2D eigenvalue weighted by molar-refractivity contribution is 0.0997. The number of primary amides is 1. The van der Waals surface area contributed by atoms with Crippen molar-refractivity contribution in [2.75, 3.05) is 0 Å². The number of nitrogens with zero attached hydrogens (tertiary/aromatic N) is 4. The van der Waals surface area contributed by atoms with E-state index in [4.69, 9.17) is 5.73 Å². The molecule has 0 aliphatic rings. The van der Waals surface area contributed by atoms with Gasteiger partial charge < -0.3 is 5.73 Å². The molecule has 2 N–H and O–H groups in total. The summed E-state index contributed by atoms with van der Waals surface area (Å²) < 4.78 is 1.62. The van der Waals surface area contributed by atoms with Gasteiger partial charge in [-0.15, -0.1) is 0 Å². The summed E-state index contributed by atoms with van der Waals surface area (Å²) in [5.41, 5.74) is 6.23. The van der Waals surface area contributed by atoms with Gasteiger partial charge in [-0.3, -0.25) is 9.36 Å². The second-order valence-electron chi connectivity index (χ2n) is 3.72. The molecule has 3 aromatic rings. The van der Waals surface area contributed by atoms with Crippen molar-refractivity contribution in [2.24, 2.45) is 5.73 Å². The Hall–Kier alpha value is -2.76. The normalized spacial score (nSPS) is 10.7. The third-order valence-corrected chi connectivity index (χ3v) is 2.56. The smallest absolute Gasteiger partial charge is 0.268 e. The Labute approximate surface area is 102 Å². The maximum atomic E-state index is 11.4. The van der Waals surface area contributed by atoms with E-state index in [0.29, 0.717) is 16.9 Å². The van der Waals surface area contributed by atoms with Crippen LogP contribution in [0.4, 0.5) is 0 Å². The van der Waals surface area contributed by atoms with Crippen LogP contribution in [0.2, 0.25) is 0 Å². The molecule has 0 unspecified atom stereocenters. The molecule has 6 nitrogen and oxygen atoms in total. The van der Waals surface area contributed by atoms with Crippen molar-refractivity contribution in [1.82, 2.24) is 19.5 Å². The number of amides is 1. The van der Waals surface area contributed by atoms with Crippen LogP contribution in [0.15, 0.2) is 43.0 Å². The van der Waals surface area contributed by atoms with Gasteiger partial charge in [-0.05, 0) is 6.07 Å². The van der Waals surface area contributed by atoms with Crippen LogP contribution in [0.1, 0.15) is 10.5 Å². The van der Waals surface area contributed by atoms with E-state index in [-0.39, 0.29) is 5.69 Å². The molecule has 1 amide bonds. The molecule has 1 aromatic carbocycles. The van der Waals surface area contributed by atoms with Crippen molar-refractivity contribution >= 4 is 16.8 Å². The number of hydrogen-bond donors (Lipinski definition) is 1. The third kappa shape index (κ3) is 1.60. The van der Waals surface area contributed by atoms with Crippen LogP contribution >= 0.6 is 0 Å². The first-order valence-electron chi connectivity index (χ1n) is 5.30. The Morgan fingerprint density at radius 2 is 2.06 bits per heavy atom. The van der Waals surface area contributed by atoms with E-state index in [2.05, 4.69) is 15.0 Å². The summed E-state index contributed by atoms with van der Waals surface area (Å²) in [4.78, 5) is 23.9. The average Bonchev–Trinajstić information content (AvgIpc) is 2.91. The van der Waals surface area contributed by atoms with Gasteiger partial charge in [-0.2, -0.15) is 0 Å². The van der Waals surface area contributed by atoms with Crippen molar-refractivity contribution in [3.63, 3.8) is 0 Å². The molecular formula is C12H9N5O. The largest absolute Gasteiger partial charge is 0.364 e. The zero-order valence-corrected chi connectivity index (χ0v) is 9.32. The highest BCUT2D eigenvalue weighted by Crippen LogP contribution is 2.16. The Morgan fingerprint density at radius 1 is 1.22 bits per heavy atom. The van der Waals surface area contributed by atoms with Gasteiger partial charge in [-0.25, -0.2) is 15.0 Å². The molecule has 6 heteroatoms. The van der Waals surface area contributed by atoms with Crippen LogP contribution < -0.4 is 5.73 Å². The SMILES string of the molecule is NC(=O)c1nc(-n2ccnc2)nc2ccccc12. The Morgan fingerprint density at radius 3 is 2.78 bits per heavy atom. The zero-order valence-electron chi connectivity index (χ0n) is 9.32. The number of fused-ring (bicyclic) bond motifs is 1. The molecule has 0 atom stereocenters. The fourth-order valence-electron chi connectivity index (χ4n) is 1.75. The van der Waals surface area contributed by atoms with E-state index in [0.717, 1.165) is 0 Å². The minimum absolute atomic E-state index is 0.212. The van der Waals surface area contributed by atoms with Crippen molar-refractivity contribution in [3.05, 3.63) is 48.7 Å². The number of nitrogens with two attached hydrogens (primary N) is 1. The summed E-state index contributed by atoms with van der Waals surface area (Å²) in [5, 5.41) is 0.647. The molecule has 88 valence electrons. The number of carbonyl (C=O) groups is 1. The minimum Gasteiger partial charge on any atom is -0.364 e. The highest BCUT2D eigenvalue weighted by molar-refractivity contribution is 6.03. The maximum Gasteiger partial charge on any atom is 0.268 e. The van der Waals surface area contributed by atoms with Crippen molar-refractivity contribution in [1.29, 1.82) is 0 Å². The lowest BCUT2D eigenvalue weighted by Crippen LogP contribution is -2.16. The highest BCUT2D eigenvalue weighted by atomic mass is 16.1. The number of carbonyl (C=O) groups excluding carboxylic acids is 1. The molecule has 0 aliphatic carbocycles. The summed E-state index contributed by atoms with van der Waals surface area (Å²) in [5.74, 6) is -0.199. The molecule has 2 aromatic heterocycles. The van der Waals surface area contributed by atoms with Gasteiger partial charge in [0.05, 0.1) is 5.52 Å². The Balaban J connectivity index is 2.33. The highest BCUT2D eigenvalue weighted by Gasteiger charge is 2.12. The second-order valence-corrected chi connectivity index (χ2v) is 3.72. The first-order chi connectivity index (χ1) is 8.75. The van der Waals surface area contributed by atoms with Gasteiger partial charge in [-0.1, -0.05) is 18.2 Å². The summed E-state index contributed by atoms with van der Waals surface area (Å²) in [7, 11) is 0. The number of imidazole rings is 1. The maximum absolute atomic E-state index is 11.4. The van der Waals surface area contributed by atoms with Crippen molar-refractivity contribution in [3.8, 4) is 5.95 Å². The molecule has 0 spiro atoms. The molecule has 0 saturated carbocycles. The number of benzene rings is 1. The molecule has 0 radical (unpaired) electrons. The van der Waals surface area contributed by atoms with Crippen LogP contribution in [0.5, 0.6) is 0 Å². The van der Waals surface area contributed by atoms with E-state index in [9.17, 15) is 4.79 Å². The van der Waals surface area contributed by atoms with Gasteiger partial charge in [0, 0.05) is 17.8 Å². The lowest BCUT2D eigenvalue weighted by atomic mass is 10.2. The first-order valence-corrected chi connectivity index (χ1v) is 5.30. The standard InChI is InChI=1S/C12H9N5O/c13-11(18)10-8-3-1-2-4-9(8)15-12(16-10)17-6-5-14-7-17/h1-7H,(H2,13,18).